The fourth-order valence-electron chi connectivity index (χ4n) is 2.69. The number of hydrogen-bond donors (Lipinski definition) is 2. The summed E-state index contributed by atoms with van der Waals surface area (Å²) < 4.78 is 10.8. The molecule has 1 aliphatic rings. The molecule has 2 amide bonds. The van der Waals surface area contributed by atoms with E-state index in [-0.39, 0.29) is 12.5 Å². The second-order valence-electron chi connectivity index (χ2n) is 5.62. The van der Waals surface area contributed by atoms with Crippen LogP contribution in [0.4, 0.5) is 0 Å². The number of rotatable bonds is 7. The van der Waals surface area contributed by atoms with Gasteiger partial charge in [0.05, 0.1) is 6.61 Å². The number of amides is 2. The third-order valence-electron chi connectivity index (χ3n) is 3.80. The molecule has 0 heterocycles. The molecule has 6 heteroatoms. The number of nitrogens with one attached hydrogen (secondary N) is 2. The molecule has 0 radical (unpaired) electrons. The van der Waals surface area contributed by atoms with E-state index in [1.54, 1.807) is 18.2 Å². The molecule has 23 heavy (non-hydrogen) atoms. The molecule has 0 bridgehead atoms. The van der Waals surface area contributed by atoms with E-state index >= 15 is 0 Å². The van der Waals surface area contributed by atoms with Crippen LogP contribution in [-0.4, -0.2) is 25.0 Å². The third-order valence-corrected chi connectivity index (χ3v) is 3.80. The van der Waals surface area contributed by atoms with E-state index in [2.05, 4.69) is 10.9 Å². The summed E-state index contributed by atoms with van der Waals surface area (Å²) in [4.78, 5) is 23.5. The van der Waals surface area contributed by atoms with Crippen molar-refractivity contribution in [1.82, 2.24) is 10.9 Å². The molecule has 1 aromatic carbocycles. The number of para-hydroxylation sites is 2. The summed E-state index contributed by atoms with van der Waals surface area (Å²) in [5, 5.41) is 0. The van der Waals surface area contributed by atoms with Crippen LogP contribution in [0.15, 0.2) is 24.3 Å². The van der Waals surface area contributed by atoms with Crippen molar-refractivity contribution in [2.45, 2.75) is 39.0 Å². The van der Waals surface area contributed by atoms with E-state index in [9.17, 15) is 9.59 Å². The second-order valence-corrected chi connectivity index (χ2v) is 5.62. The molecule has 1 aromatic rings. The highest BCUT2D eigenvalue weighted by Crippen LogP contribution is 2.27. The van der Waals surface area contributed by atoms with Gasteiger partial charge in [0.25, 0.3) is 5.91 Å². The highest BCUT2D eigenvalue weighted by molar-refractivity contribution is 5.82. The molecule has 126 valence electrons. The van der Waals surface area contributed by atoms with Gasteiger partial charge in [-0.3, -0.25) is 20.4 Å². The van der Waals surface area contributed by atoms with E-state index in [1.807, 2.05) is 13.0 Å². The Morgan fingerprint density at radius 2 is 1.65 bits per heavy atom. The summed E-state index contributed by atoms with van der Waals surface area (Å²) in [6, 6.07) is 7.15. The van der Waals surface area contributed by atoms with Crippen molar-refractivity contribution >= 4 is 11.8 Å². The van der Waals surface area contributed by atoms with Crippen molar-refractivity contribution in [3.8, 4) is 11.5 Å². The molecule has 0 atom stereocenters. The molecule has 0 aromatic heterocycles. The average Bonchev–Trinajstić information content (AvgIpc) is 3.05. The fraction of sp³-hybridized carbons (Fsp3) is 0.529. The van der Waals surface area contributed by atoms with E-state index in [4.69, 9.17) is 9.47 Å². The Morgan fingerprint density at radius 3 is 2.30 bits per heavy atom. The SMILES string of the molecule is CCOc1ccccc1OCC(=O)NNC(=O)CC1CCCC1. The summed E-state index contributed by atoms with van der Waals surface area (Å²) in [6.07, 6.45) is 5.04. The topological polar surface area (TPSA) is 76.7 Å². The quantitative estimate of drug-likeness (QED) is 0.755. The minimum Gasteiger partial charge on any atom is -0.490 e. The summed E-state index contributed by atoms with van der Waals surface area (Å²) in [5.74, 6) is 0.979. The Morgan fingerprint density at radius 1 is 1.04 bits per heavy atom. The molecule has 1 aliphatic carbocycles. The first-order valence-electron chi connectivity index (χ1n) is 8.11. The second kappa shape index (κ2) is 9.02. The lowest BCUT2D eigenvalue weighted by Gasteiger charge is -2.13. The molecular formula is C17H24N2O4. The lowest BCUT2D eigenvalue weighted by Crippen LogP contribution is -2.44. The van der Waals surface area contributed by atoms with Gasteiger partial charge in [-0.2, -0.15) is 0 Å². The Hall–Kier alpha value is -2.24. The minimum absolute atomic E-state index is 0.153. The van der Waals surface area contributed by atoms with E-state index in [0.717, 1.165) is 12.8 Å². The van der Waals surface area contributed by atoms with Gasteiger partial charge in [-0.1, -0.05) is 25.0 Å². The Balaban J connectivity index is 1.69. The summed E-state index contributed by atoms with van der Waals surface area (Å²) in [7, 11) is 0. The maximum absolute atomic E-state index is 11.7. The smallest absolute Gasteiger partial charge is 0.276 e. The lowest BCUT2D eigenvalue weighted by atomic mass is 10.0. The first-order chi connectivity index (χ1) is 11.2. The van der Waals surface area contributed by atoms with Crippen molar-refractivity contribution in [2.75, 3.05) is 13.2 Å². The summed E-state index contributed by atoms with van der Waals surface area (Å²) >= 11 is 0. The van der Waals surface area contributed by atoms with E-state index < -0.39 is 5.91 Å². The maximum Gasteiger partial charge on any atom is 0.276 e. The van der Waals surface area contributed by atoms with Crippen molar-refractivity contribution in [3.63, 3.8) is 0 Å². The standard InChI is InChI=1S/C17H24N2O4/c1-2-22-14-9-5-6-10-15(14)23-12-17(21)19-18-16(20)11-13-7-3-4-8-13/h5-6,9-10,13H,2-4,7-8,11-12H2,1H3,(H,18,20)(H,19,21). The molecule has 0 unspecified atom stereocenters. The van der Waals surface area contributed by atoms with Crippen LogP contribution in [0.2, 0.25) is 0 Å². The molecule has 0 aliphatic heterocycles. The summed E-state index contributed by atoms with van der Waals surface area (Å²) in [5.41, 5.74) is 4.81. The highest BCUT2D eigenvalue weighted by Gasteiger charge is 2.18. The third kappa shape index (κ3) is 5.81. The zero-order valence-electron chi connectivity index (χ0n) is 13.5. The van der Waals surface area contributed by atoms with Gasteiger partial charge in [-0.25, -0.2) is 0 Å². The van der Waals surface area contributed by atoms with Gasteiger partial charge in [0.1, 0.15) is 0 Å². The van der Waals surface area contributed by atoms with Crippen LogP contribution in [-0.2, 0) is 9.59 Å². The van der Waals surface area contributed by atoms with Gasteiger partial charge in [0.15, 0.2) is 18.1 Å². The molecule has 2 rings (SSSR count). The Kier molecular flexibility index (Phi) is 6.72. The number of ether oxygens (including phenoxy) is 2. The van der Waals surface area contributed by atoms with Crippen LogP contribution < -0.4 is 20.3 Å². The summed E-state index contributed by atoms with van der Waals surface area (Å²) in [6.45, 7) is 2.21. The normalized spacial score (nSPS) is 14.3. The van der Waals surface area contributed by atoms with Crippen LogP contribution in [0, 0.1) is 5.92 Å². The number of hydrogen-bond acceptors (Lipinski definition) is 4. The van der Waals surface area contributed by atoms with Gasteiger partial charge in [0.2, 0.25) is 5.91 Å². The van der Waals surface area contributed by atoms with Crippen molar-refractivity contribution < 1.29 is 19.1 Å². The van der Waals surface area contributed by atoms with Gasteiger partial charge >= 0.3 is 0 Å². The van der Waals surface area contributed by atoms with Crippen LogP contribution in [0.3, 0.4) is 0 Å². The lowest BCUT2D eigenvalue weighted by molar-refractivity contribution is -0.130. The van der Waals surface area contributed by atoms with E-state index in [0.29, 0.717) is 30.4 Å². The van der Waals surface area contributed by atoms with Crippen LogP contribution >= 0.6 is 0 Å². The highest BCUT2D eigenvalue weighted by atomic mass is 16.5. The fourth-order valence-corrected chi connectivity index (χ4v) is 2.69. The number of benzene rings is 1. The predicted octanol–water partition coefficient (Wildman–Crippen LogP) is 2.19. The van der Waals surface area contributed by atoms with Gasteiger partial charge in [-0.15, -0.1) is 0 Å². The number of carbonyl (C=O) groups is 2. The molecule has 2 N–H and O–H groups in total. The van der Waals surface area contributed by atoms with Crippen LogP contribution in [0.25, 0.3) is 0 Å². The molecule has 0 spiro atoms. The van der Waals surface area contributed by atoms with Crippen LogP contribution in [0.1, 0.15) is 39.0 Å². The number of hydrazine groups is 1. The van der Waals surface area contributed by atoms with Crippen LogP contribution in [0.5, 0.6) is 11.5 Å². The zero-order valence-corrected chi connectivity index (χ0v) is 13.5. The van der Waals surface area contributed by atoms with E-state index in [1.165, 1.54) is 12.8 Å². The first kappa shape index (κ1) is 17.1. The molecule has 6 nitrogen and oxygen atoms in total. The van der Waals surface area contributed by atoms with Gasteiger partial charge < -0.3 is 9.47 Å². The van der Waals surface area contributed by atoms with Crippen molar-refractivity contribution in [2.24, 2.45) is 5.92 Å². The Bertz CT molecular complexity index is 527. The zero-order chi connectivity index (χ0) is 16.5. The molecule has 1 fully saturated rings. The average molecular weight is 320 g/mol. The van der Waals surface area contributed by atoms with Gasteiger partial charge in [-0.05, 0) is 37.8 Å². The molecule has 1 saturated carbocycles. The first-order valence-corrected chi connectivity index (χ1v) is 8.11. The monoisotopic (exact) mass is 320 g/mol. The molecular weight excluding hydrogens is 296 g/mol. The largest absolute Gasteiger partial charge is 0.490 e. The number of carbonyl (C=O) groups excluding carboxylic acids is 2. The Labute approximate surface area is 136 Å². The van der Waals surface area contributed by atoms with Gasteiger partial charge in [0, 0.05) is 6.42 Å². The van der Waals surface area contributed by atoms with Crippen molar-refractivity contribution in [1.29, 1.82) is 0 Å². The minimum atomic E-state index is -0.406. The maximum atomic E-state index is 11.7. The molecule has 0 saturated heterocycles. The van der Waals surface area contributed by atoms with Crippen molar-refractivity contribution in [3.05, 3.63) is 24.3 Å². The predicted molar refractivity (Wildman–Crippen MR) is 86.0 cm³/mol.